The van der Waals surface area contributed by atoms with Gasteiger partial charge in [0.2, 0.25) is 11.8 Å². The van der Waals surface area contributed by atoms with Gasteiger partial charge in [-0.2, -0.15) is 0 Å². The Morgan fingerprint density at radius 3 is 2.63 bits per heavy atom. The van der Waals surface area contributed by atoms with Crippen molar-refractivity contribution in [3.63, 3.8) is 0 Å². The fourth-order valence-electron chi connectivity index (χ4n) is 7.08. The van der Waals surface area contributed by atoms with Gasteiger partial charge in [-0.15, -0.1) is 0 Å². The van der Waals surface area contributed by atoms with Crippen molar-refractivity contribution in [2.45, 2.75) is 51.5 Å². The van der Waals surface area contributed by atoms with Crippen LogP contribution < -0.4 is 4.90 Å². The van der Waals surface area contributed by atoms with E-state index in [1.165, 1.54) is 10.5 Å². The van der Waals surface area contributed by atoms with Crippen molar-refractivity contribution < 1.29 is 24.4 Å². The number of imide groups is 1. The summed E-state index contributed by atoms with van der Waals surface area (Å²) in [6.07, 6.45) is 6.92. The highest BCUT2D eigenvalue weighted by atomic mass is 79.9. The van der Waals surface area contributed by atoms with Crippen LogP contribution >= 0.6 is 15.9 Å². The van der Waals surface area contributed by atoms with E-state index >= 15 is 0 Å². The zero-order valence-electron chi connectivity index (χ0n) is 24.0. The molecular formula is C34H34BBrN2O5. The molecule has 0 radical (unpaired) electrons. The normalized spacial score (nSPS) is 23.9. The SMILES string of the molecule is CCCC1=C2[C@@H](CC/C(=C/c3cc(Br)ccc3O)c3ccccn3)OB(O)C[C@@H]2[C@@H]2C(=O)N(c3ccccc3)C(=O)[C@@H]2C1. The minimum Gasteiger partial charge on any atom is -0.507 e. The van der Waals surface area contributed by atoms with E-state index in [0.717, 1.165) is 34.2 Å². The summed E-state index contributed by atoms with van der Waals surface area (Å²) >= 11 is 3.50. The Morgan fingerprint density at radius 1 is 1.09 bits per heavy atom. The number of phenols is 1. The predicted octanol–water partition coefficient (Wildman–Crippen LogP) is 6.67. The van der Waals surface area contributed by atoms with Crippen LogP contribution in [-0.4, -0.2) is 40.2 Å². The quantitative estimate of drug-likeness (QED) is 0.162. The predicted molar refractivity (Wildman–Crippen MR) is 171 cm³/mol. The molecule has 3 aliphatic rings. The van der Waals surface area contributed by atoms with E-state index in [-0.39, 0.29) is 29.8 Å². The second-order valence-electron chi connectivity index (χ2n) is 11.5. The molecule has 3 heterocycles. The second kappa shape index (κ2) is 12.6. The Bertz CT molecular complexity index is 1580. The van der Waals surface area contributed by atoms with Gasteiger partial charge in [0.25, 0.3) is 0 Å². The molecule has 9 heteroatoms. The molecule has 0 unspecified atom stereocenters. The van der Waals surface area contributed by atoms with Gasteiger partial charge >= 0.3 is 7.12 Å². The first kappa shape index (κ1) is 29.5. The summed E-state index contributed by atoms with van der Waals surface area (Å²) in [4.78, 5) is 33.5. The number of anilines is 1. The third kappa shape index (κ3) is 5.86. The molecule has 3 aromatic rings. The zero-order chi connectivity index (χ0) is 30.1. The number of pyridine rings is 1. The second-order valence-corrected chi connectivity index (χ2v) is 12.5. The summed E-state index contributed by atoms with van der Waals surface area (Å²) in [5.74, 6) is -1.40. The third-order valence-corrected chi connectivity index (χ3v) is 9.36. The molecule has 0 spiro atoms. The molecule has 1 aromatic heterocycles. The Morgan fingerprint density at radius 2 is 1.88 bits per heavy atom. The number of carbonyl (C=O) groups is 2. The molecule has 2 saturated heterocycles. The molecule has 6 rings (SSSR count). The first-order chi connectivity index (χ1) is 20.9. The fraction of sp³-hybridized carbons (Fsp3) is 0.324. The van der Waals surface area contributed by atoms with E-state index in [1.807, 2.05) is 48.5 Å². The van der Waals surface area contributed by atoms with Gasteiger partial charge in [0, 0.05) is 16.2 Å². The van der Waals surface area contributed by atoms with Crippen LogP contribution in [0.25, 0.3) is 11.6 Å². The van der Waals surface area contributed by atoms with Gasteiger partial charge in [-0.25, -0.2) is 0 Å². The lowest BCUT2D eigenvalue weighted by Crippen LogP contribution is -2.46. The van der Waals surface area contributed by atoms with Crippen LogP contribution in [0.2, 0.25) is 6.32 Å². The third-order valence-electron chi connectivity index (χ3n) is 8.86. The van der Waals surface area contributed by atoms with Gasteiger partial charge in [-0.1, -0.05) is 59.1 Å². The number of halogens is 1. The molecular weight excluding hydrogens is 607 g/mol. The maximum Gasteiger partial charge on any atom is 0.455 e. The fourth-order valence-corrected chi connectivity index (χ4v) is 7.45. The number of phenolic OH excluding ortho intramolecular Hbond substituents is 1. The summed E-state index contributed by atoms with van der Waals surface area (Å²) < 4.78 is 7.07. The van der Waals surface area contributed by atoms with Crippen molar-refractivity contribution in [1.29, 1.82) is 0 Å². The minimum absolute atomic E-state index is 0.152. The Labute approximate surface area is 260 Å². The lowest BCUT2D eigenvalue weighted by atomic mass is 9.58. The van der Waals surface area contributed by atoms with Crippen LogP contribution in [0.4, 0.5) is 5.69 Å². The summed E-state index contributed by atoms with van der Waals surface area (Å²) in [5.41, 5.74) is 5.22. The first-order valence-electron chi connectivity index (χ1n) is 14.9. The highest BCUT2D eigenvalue weighted by molar-refractivity contribution is 9.10. The number of hydrogen-bond acceptors (Lipinski definition) is 6. The Balaban J connectivity index is 1.34. The first-order valence-corrected chi connectivity index (χ1v) is 15.7. The van der Waals surface area contributed by atoms with Gasteiger partial charge in [-0.05, 0) is 97.6 Å². The molecule has 2 aliphatic heterocycles. The Hall–Kier alpha value is -3.53. The van der Waals surface area contributed by atoms with Crippen LogP contribution in [0, 0.1) is 17.8 Å². The number of allylic oxidation sites excluding steroid dienone is 2. The largest absolute Gasteiger partial charge is 0.507 e. The summed E-state index contributed by atoms with van der Waals surface area (Å²) in [6.45, 7) is 2.12. The molecule has 2 N–H and O–H groups in total. The van der Waals surface area contributed by atoms with Crippen molar-refractivity contribution in [2.75, 3.05) is 4.90 Å². The maximum atomic E-state index is 13.9. The van der Waals surface area contributed by atoms with Gasteiger partial charge in [0.05, 0.1) is 29.3 Å². The molecule has 4 atom stereocenters. The summed E-state index contributed by atoms with van der Waals surface area (Å²) in [6, 6.07) is 20.2. The molecule has 2 amide bonds. The molecule has 2 aromatic carbocycles. The highest BCUT2D eigenvalue weighted by Gasteiger charge is 2.57. The van der Waals surface area contributed by atoms with E-state index in [4.69, 9.17) is 4.65 Å². The summed E-state index contributed by atoms with van der Waals surface area (Å²) in [7, 11) is -1.04. The van der Waals surface area contributed by atoms with Crippen molar-refractivity contribution in [3.05, 3.63) is 99.8 Å². The molecule has 2 fully saturated rings. The van der Waals surface area contributed by atoms with Crippen molar-refractivity contribution in [1.82, 2.24) is 4.98 Å². The van der Waals surface area contributed by atoms with Crippen LogP contribution in [0.3, 0.4) is 0 Å². The number of rotatable bonds is 8. The maximum absolute atomic E-state index is 13.9. The van der Waals surface area contributed by atoms with Gasteiger partial charge < -0.3 is 14.8 Å². The van der Waals surface area contributed by atoms with Gasteiger partial charge in [-0.3, -0.25) is 19.5 Å². The number of benzene rings is 2. The number of para-hydroxylation sites is 1. The number of fused-ring (bicyclic) bond motifs is 3. The number of aromatic nitrogens is 1. The molecule has 220 valence electrons. The number of nitrogens with zero attached hydrogens (tertiary/aromatic N) is 2. The van der Waals surface area contributed by atoms with Gasteiger partial charge in [0.1, 0.15) is 5.75 Å². The van der Waals surface area contributed by atoms with Crippen LogP contribution in [-0.2, 0) is 14.2 Å². The zero-order valence-corrected chi connectivity index (χ0v) is 25.6. The minimum atomic E-state index is -1.04. The summed E-state index contributed by atoms with van der Waals surface area (Å²) in [5, 5.41) is 21.5. The van der Waals surface area contributed by atoms with Crippen molar-refractivity contribution >= 4 is 52.2 Å². The van der Waals surface area contributed by atoms with Crippen molar-refractivity contribution in [3.8, 4) is 5.75 Å². The molecule has 7 nitrogen and oxygen atoms in total. The Kier molecular flexibility index (Phi) is 8.66. The van der Waals surface area contributed by atoms with E-state index in [1.54, 1.807) is 30.5 Å². The van der Waals surface area contributed by atoms with E-state index in [0.29, 0.717) is 30.5 Å². The van der Waals surface area contributed by atoms with Gasteiger partial charge in [0.15, 0.2) is 0 Å². The lowest BCUT2D eigenvalue weighted by molar-refractivity contribution is -0.122. The van der Waals surface area contributed by atoms with Crippen molar-refractivity contribution in [2.24, 2.45) is 17.8 Å². The average molecular weight is 641 g/mol. The molecule has 43 heavy (non-hydrogen) atoms. The average Bonchev–Trinajstić information content (AvgIpc) is 3.26. The number of carbonyl (C=O) groups excluding carboxylic acids is 2. The number of amides is 2. The standard InChI is InChI=1S/C34H34BBrN2O5/c1-2-8-22-19-26-32(34(41)38(33(26)40)25-9-4-3-5-10-25)27-20-35(42)43-30(31(22)27)15-12-21(28-11-6-7-16-37-28)17-23-18-24(36)13-14-29(23)39/h3-7,9-11,13-14,16-18,26-27,30,32,39,42H,2,8,12,15,19-20H2,1H3/b21-17-/t26-,27+,30-,32-/m1/s1. The smallest absolute Gasteiger partial charge is 0.455 e. The molecule has 0 saturated carbocycles. The number of aromatic hydroxyl groups is 1. The van der Waals surface area contributed by atoms with E-state index < -0.39 is 25.1 Å². The lowest BCUT2D eigenvalue weighted by Gasteiger charge is -2.43. The molecule has 1 aliphatic carbocycles. The highest BCUT2D eigenvalue weighted by Crippen LogP contribution is 2.52. The monoisotopic (exact) mass is 640 g/mol. The number of hydrogen-bond donors (Lipinski definition) is 2. The topological polar surface area (TPSA) is 100.0 Å². The molecule has 0 bridgehead atoms. The van der Waals surface area contributed by atoms with Crippen LogP contribution in [0.15, 0.2) is 88.5 Å². The van der Waals surface area contributed by atoms with Crippen LogP contribution in [0.5, 0.6) is 5.75 Å². The van der Waals surface area contributed by atoms with E-state index in [2.05, 4.69) is 27.8 Å². The van der Waals surface area contributed by atoms with E-state index in [9.17, 15) is 19.7 Å². The van der Waals surface area contributed by atoms with Crippen LogP contribution in [0.1, 0.15) is 50.3 Å².